The average molecular weight is 150 g/mol. The van der Waals surface area contributed by atoms with Gasteiger partial charge in [-0.1, -0.05) is 0 Å². The van der Waals surface area contributed by atoms with Crippen LogP contribution >= 0.6 is 0 Å². The first-order valence-electron chi connectivity index (χ1n) is 3.34. The van der Waals surface area contributed by atoms with E-state index in [0.717, 1.165) is 5.69 Å². The summed E-state index contributed by atoms with van der Waals surface area (Å²) in [5.41, 5.74) is 6.39. The summed E-state index contributed by atoms with van der Waals surface area (Å²) in [6, 6.07) is 1.75. The number of hydrogen-bond acceptors (Lipinski definition) is 3. The predicted molar refractivity (Wildman–Crippen MR) is 40.4 cm³/mol. The van der Waals surface area contributed by atoms with Crippen molar-refractivity contribution in [2.75, 3.05) is 0 Å². The van der Waals surface area contributed by atoms with Crippen LogP contribution in [0.4, 0.5) is 0 Å². The summed E-state index contributed by atoms with van der Waals surface area (Å²) >= 11 is 0. The van der Waals surface area contributed by atoms with Gasteiger partial charge in [0.15, 0.2) is 0 Å². The molecule has 0 saturated heterocycles. The molecule has 58 valence electrons. The Morgan fingerprint density at radius 1 is 1.91 bits per heavy atom. The van der Waals surface area contributed by atoms with Crippen LogP contribution in [-0.4, -0.2) is 9.55 Å². The van der Waals surface area contributed by atoms with Crippen molar-refractivity contribution >= 4 is 0 Å². The quantitative estimate of drug-likeness (QED) is 0.660. The Hall–Kier alpha value is -1.34. The molecule has 4 nitrogen and oxygen atoms in total. The molecule has 4 heteroatoms. The highest BCUT2D eigenvalue weighted by Crippen LogP contribution is 2.08. The number of aromatic nitrogens is 2. The summed E-state index contributed by atoms with van der Waals surface area (Å²) < 4.78 is 1.81. The monoisotopic (exact) mass is 150 g/mol. The standard InChI is InChI=1S/C7H10N4/c1-11-4-7(10-5-11)6(9)2-3-8/h4-6H,2,9H2,1H3/t6-/m0/s1. The van der Waals surface area contributed by atoms with E-state index in [9.17, 15) is 0 Å². The molecule has 0 spiro atoms. The van der Waals surface area contributed by atoms with Gasteiger partial charge in [-0.25, -0.2) is 4.98 Å². The van der Waals surface area contributed by atoms with Gasteiger partial charge in [0.1, 0.15) is 0 Å². The van der Waals surface area contributed by atoms with Gasteiger partial charge in [0.25, 0.3) is 0 Å². The number of rotatable bonds is 2. The molecule has 1 aromatic rings. The molecule has 1 rings (SSSR count). The molecular weight excluding hydrogens is 140 g/mol. The van der Waals surface area contributed by atoms with E-state index in [-0.39, 0.29) is 6.04 Å². The van der Waals surface area contributed by atoms with Crippen molar-refractivity contribution in [1.29, 1.82) is 5.26 Å². The summed E-state index contributed by atoms with van der Waals surface area (Å²) in [4.78, 5) is 4.02. The fraction of sp³-hybridized carbons (Fsp3) is 0.429. The fourth-order valence-corrected chi connectivity index (χ4v) is 0.827. The third-order valence-corrected chi connectivity index (χ3v) is 1.42. The smallest absolute Gasteiger partial charge is 0.0947 e. The van der Waals surface area contributed by atoms with Gasteiger partial charge in [-0.3, -0.25) is 0 Å². The predicted octanol–water partition coefficient (Wildman–Crippen LogP) is 0.334. The van der Waals surface area contributed by atoms with E-state index < -0.39 is 0 Å². The van der Waals surface area contributed by atoms with Crippen molar-refractivity contribution < 1.29 is 0 Å². The summed E-state index contributed by atoms with van der Waals surface area (Å²) in [5, 5.41) is 8.34. The number of nitrogens with zero attached hydrogens (tertiary/aromatic N) is 3. The average Bonchev–Trinajstić information content (AvgIpc) is 2.36. The highest BCUT2D eigenvalue weighted by molar-refractivity contribution is 5.04. The highest BCUT2D eigenvalue weighted by Gasteiger charge is 2.06. The zero-order valence-electron chi connectivity index (χ0n) is 6.36. The Morgan fingerprint density at radius 3 is 3.09 bits per heavy atom. The van der Waals surface area contributed by atoms with Crippen LogP contribution in [0.5, 0.6) is 0 Å². The van der Waals surface area contributed by atoms with Crippen LogP contribution in [0.3, 0.4) is 0 Å². The minimum absolute atomic E-state index is 0.249. The van der Waals surface area contributed by atoms with Crippen molar-refractivity contribution in [2.45, 2.75) is 12.5 Å². The Morgan fingerprint density at radius 2 is 2.64 bits per heavy atom. The Kier molecular flexibility index (Phi) is 2.24. The van der Waals surface area contributed by atoms with Crippen molar-refractivity contribution in [3.8, 4) is 6.07 Å². The zero-order valence-corrected chi connectivity index (χ0v) is 6.36. The van der Waals surface area contributed by atoms with Gasteiger partial charge in [-0.05, 0) is 0 Å². The number of aryl methyl sites for hydroxylation is 1. The molecule has 0 radical (unpaired) electrons. The number of imidazole rings is 1. The molecule has 0 aliphatic rings. The second-order valence-corrected chi connectivity index (χ2v) is 2.43. The molecule has 0 unspecified atom stereocenters. The molecule has 0 bridgehead atoms. The summed E-state index contributed by atoms with van der Waals surface area (Å²) in [5.74, 6) is 0. The van der Waals surface area contributed by atoms with Gasteiger partial charge in [0, 0.05) is 13.2 Å². The maximum atomic E-state index is 8.34. The van der Waals surface area contributed by atoms with Gasteiger partial charge < -0.3 is 10.3 Å². The molecule has 0 aliphatic heterocycles. The van der Waals surface area contributed by atoms with Crippen molar-refractivity contribution in [3.63, 3.8) is 0 Å². The Balaban J connectivity index is 2.70. The first kappa shape index (κ1) is 7.76. The second-order valence-electron chi connectivity index (χ2n) is 2.43. The minimum atomic E-state index is -0.249. The van der Waals surface area contributed by atoms with Crippen LogP contribution < -0.4 is 5.73 Å². The van der Waals surface area contributed by atoms with Crippen molar-refractivity contribution in [3.05, 3.63) is 18.2 Å². The van der Waals surface area contributed by atoms with E-state index in [1.54, 1.807) is 6.33 Å². The minimum Gasteiger partial charge on any atom is -0.340 e. The molecule has 0 aromatic carbocycles. The molecule has 2 N–H and O–H groups in total. The first-order chi connectivity index (χ1) is 5.24. The lowest BCUT2D eigenvalue weighted by Gasteiger charge is -2.00. The highest BCUT2D eigenvalue weighted by atomic mass is 15.0. The molecule has 1 heterocycles. The van der Waals surface area contributed by atoms with Crippen molar-refractivity contribution in [2.24, 2.45) is 12.8 Å². The molecule has 11 heavy (non-hydrogen) atoms. The molecule has 0 fully saturated rings. The largest absolute Gasteiger partial charge is 0.340 e. The number of nitrogens with two attached hydrogens (primary N) is 1. The van der Waals surface area contributed by atoms with E-state index in [0.29, 0.717) is 6.42 Å². The number of hydrogen-bond donors (Lipinski definition) is 1. The third kappa shape index (κ3) is 1.79. The van der Waals surface area contributed by atoms with E-state index >= 15 is 0 Å². The normalized spacial score (nSPS) is 12.5. The van der Waals surface area contributed by atoms with E-state index in [1.165, 1.54) is 0 Å². The Bertz CT molecular complexity index is 270. The molecule has 1 aromatic heterocycles. The van der Waals surface area contributed by atoms with E-state index in [1.807, 2.05) is 23.9 Å². The van der Waals surface area contributed by atoms with Gasteiger partial charge in [0.2, 0.25) is 0 Å². The second kappa shape index (κ2) is 3.17. The van der Waals surface area contributed by atoms with Gasteiger partial charge in [-0.15, -0.1) is 0 Å². The van der Waals surface area contributed by atoms with Crippen LogP contribution in [0, 0.1) is 11.3 Å². The van der Waals surface area contributed by atoms with Crippen LogP contribution in [0.25, 0.3) is 0 Å². The molecule has 0 saturated carbocycles. The molecular formula is C7H10N4. The van der Waals surface area contributed by atoms with Gasteiger partial charge in [-0.2, -0.15) is 5.26 Å². The SMILES string of the molecule is Cn1cnc([C@@H](N)CC#N)c1. The maximum Gasteiger partial charge on any atom is 0.0947 e. The van der Waals surface area contributed by atoms with E-state index in [4.69, 9.17) is 11.0 Å². The van der Waals surface area contributed by atoms with Gasteiger partial charge >= 0.3 is 0 Å². The third-order valence-electron chi connectivity index (χ3n) is 1.42. The lowest BCUT2D eigenvalue weighted by atomic mass is 10.2. The molecule has 0 amide bonds. The zero-order chi connectivity index (χ0) is 8.27. The summed E-state index contributed by atoms with van der Waals surface area (Å²) in [6.45, 7) is 0. The molecule has 1 atom stereocenters. The maximum absolute atomic E-state index is 8.34. The van der Waals surface area contributed by atoms with Crippen LogP contribution in [0.2, 0.25) is 0 Å². The van der Waals surface area contributed by atoms with Crippen LogP contribution in [-0.2, 0) is 7.05 Å². The summed E-state index contributed by atoms with van der Waals surface area (Å²) in [6.07, 6.45) is 3.81. The van der Waals surface area contributed by atoms with Crippen LogP contribution in [0.1, 0.15) is 18.2 Å². The molecule has 0 aliphatic carbocycles. The fourth-order valence-electron chi connectivity index (χ4n) is 0.827. The first-order valence-corrected chi connectivity index (χ1v) is 3.34. The van der Waals surface area contributed by atoms with Crippen molar-refractivity contribution in [1.82, 2.24) is 9.55 Å². The van der Waals surface area contributed by atoms with Gasteiger partial charge in [0.05, 0.1) is 30.6 Å². The Labute approximate surface area is 65.3 Å². The lowest BCUT2D eigenvalue weighted by molar-refractivity contribution is 0.724. The lowest BCUT2D eigenvalue weighted by Crippen LogP contribution is -2.09. The topological polar surface area (TPSA) is 67.6 Å². The van der Waals surface area contributed by atoms with Crippen LogP contribution in [0.15, 0.2) is 12.5 Å². The number of nitriles is 1. The van der Waals surface area contributed by atoms with E-state index in [2.05, 4.69) is 4.98 Å². The summed E-state index contributed by atoms with van der Waals surface area (Å²) in [7, 11) is 1.87.